The van der Waals surface area contributed by atoms with Gasteiger partial charge < -0.3 is 10.1 Å². The van der Waals surface area contributed by atoms with E-state index >= 15 is 0 Å². The fourth-order valence-electron chi connectivity index (χ4n) is 2.03. The minimum atomic E-state index is -0.382. The smallest absolute Gasteiger partial charge is 0.355 e. The summed E-state index contributed by atoms with van der Waals surface area (Å²) in [7, 11) is 0. The minimum absolute atomic E-state index is 0.363. The topological polar surface area (TPSA) is 38.3 Å². The summed E-state index contributed by atoms with van der Waals surface area (Å²) in [5.74, 6) is -0.363. The third kappa shape index (κ3) is 3.28. The fraction of sp³-hybridized carbons (Fsp3) is 0.0625. The lowest BCUT2D eigenvalue weighted by molar-refractivity contribution is -0.139. The Labute approximate surface area is 135 Å². The van der Waals surface area contributed by atoms with Gasteiger partial charge >= 0.3 is 5.97 Å². The average molecular weight is 365 g/mol. The van der Waals surface area contributed by atoms with E-state index in [0.29, 0.717) is 10.7 Å². The van der Waals surface area contributed by atoms with E-state index in [1.807, 2.05) is 36.4 Å². The van der Waals surface area contributed by atoms with Gasteiger partial charge in [-0.2, -0.15) is 0 Å². The van der Waals surface area contributed by atoms with Gasteiger partial charge in [-0.1, -0.05) is 39.7 Å². The van der Waals surface area contributed by atoms with Crippen LogP contribution in [0.3, 0.4) is 0 Å². The van der Waals surface area contributed by atoms with Crippen molar-refractivity contribution >= 4 is 39.2 Å². The molecule has 0 bridgehead atoms. The standard InChI is InChI=1S/C16H11BrClNO2/c17-11-3-7-13(8-4-11)19-14-9-15(21-16(14)20)10-1-5-12(18)6-2-10/h1-9,15,19H. The van der Waals surface area contributed by atoms with Crippen LogP contribution < -0.4 is 5.32 Å². The van der Waals surface area contributed by atoms with Gasteiger partial charge in [0.2, 0.25) is 0 Å². The molecule has 2 aromatic carbocycles. The summed E-state index contributed by atoms with van der Waals surface area (Å²) in [5.41, 5.74) is 2.16. The first-order valence-electron chi connectivity index (χ1n) is 6.33. The molecule has 2 aromatic rings. The third-order valence-corrected chi connectivity index (χ3v) is 3.87. The SMILES string of the molecule is O=C1OC(c2ccc(Cl)cc2)C=C1Nc1ccc(Br)cc1. The van der Waals surface area contributed by atoms with Crippen molar-refractivity contribution in [1.29, 1.82) is 0 Å². The van der Waals surface area contributed by atoms with E-state index in [4.69, 9.17) is 16.3 Å². The first-order valence-corrected chi connectivity index (χ1v) is 7.50. The summed E-state index contributed by atoms with van der Waals surface area (Å²) in [4.78, 5) is 11.9. The first-order chi connectivity index (χ1) is 10.1. The van der Waals surface area contributed by atoms with Crippen LogP contribution in [0.5, 0.6) is 0 Å². The molecule has 1 aliphatic heterocycles. The van der Waals surface area contributed by atoms with Crippen LogP contribution in [-0.4, -0.2) is 5.97 Å². The number of carbonyl (C=O) groups excluding carboxylic acids is 1. The lowest BCUT2D eigenvalue weighted by Crippen LogP contribution is -2.08. The molecule has 3 rings (SSSR count). The van der Waals surface area contributed by atoms with Crippen molar-refractivity contribution in [3.8, 4) is 0 Å². The lowest BCUT2D eigenvalue weighted by atomic mass is 10.1. The molecule has 1 aliphatic rings. The van der Waals surface area contributed by atoms with Gasteiger partial charge in [-0.25, -0.2) is 4.79 Å². The molecule has 0 spiro atoms. The van der Waals surface area contributed by atoms with Crippen LogP contribution >= 0.6 is 27.5 Å². The summed E-state index contributed by atoms with van der Waals surface area (Å²) in [6.07, 6.45) is 1.39. The van der Waals surface area contributed by atoms with Gasteiger partial charge in [0.1, 0.15) is 11.8 Å². The Morgan fingerprint density at radius 3 is 2.38 bits per heavy atom. The zero-order valence-electron chi connectivity index (χ0n) is 10.8. The molecular formula is C16H11BrClNO2. The van der Waals surface area contributed by atoms with Gasteiger partial charge in [0.05, 0.1) is 0 Å². The van der Waals surface area contributed by atoms with E-state index in [1.54, 1.807) is 18.2 Å². The molecule has 1 N–H and O–H groups in total. The summed E-state index contributed by atoms with van der Waals surface area (Å²) in [6, 6.07) is 14.8. The van der Waals surface area contributed by atoms with Gasteiger partial charge in [-0.05, 0) is 48.0 Å². The molecule has 0 aromatic heterocycles. The Hall–Kier alpha value is -1.78. The normalized spacial score (nSPS) is 17.3. The number of anilines is 1. The number of halogens is 2. The molecule has 5 heteroatoms. The van der Waals surface area contributed by atoms with E-state index in [1.165, 1.54) is 0 Å². The number of carbonyl (C=O) groups is 1. The van der Waals surface area contributed by atoms with Gasteiger partial charge in [0.25, 0.3) is 0 Å². The number of cyclic esters (lactones) is 1. The second-order valence-electron chi connectivity index (χ2n) is 4.59. The second-order valence-corrected chi connectivity index (χ2v) is 5.94. The van der Waals surface area contributed by atoms with Gasteiger partial charge in [-0.3, -0.25) is 0 Å². The van der Waals surface area contributed by atoms with Crippen molar-refractivity contribution in [2.45, 2.75) is 6.10 Å². The van der Waals surface area contributed by atoms with E-state index < -0.39 is 0 Å². The lowest BCUT2D eigenvalue weighted by Gasteiger charge is -2.07. The summed E-state index contributed by atoms with van der Waals surface area (Å²) in [5, 5.41) is 3.72. The Bertz CT molecular complexity index is 695. The quantitative estimate of drug-likeness (QED) is 0.803. The highest BCUT2D eigenvalue weighted by Gasteiger charge is 2.26. The molecule has 1 heterocycles. The Morgan fingerprint density at radius 1 is 1.05 bits per heavy atom. The van der Waals surface area contributed by atoms with Crippen LogP contribution in [0.25, 0.3) is 0 Å². The predicted octanol–water partition coefficient (Wildman–Crippen LogP) is 4.70. The zero-order valence-corrected chi connectivity index (χ0v) is 13.2. The maximum absolute atomic E-state index is 11.9. The monoisotopic (exact) mass is 363 g/mol. The molecule has 0 saturated heterocycles. The highest BCUT2D eigenvalue weighted by Crippen LogP contribution is 2.29. The predicted molar refractivity (Wildman–Crippen MR) is 86.1 cm³/mol. The highest BCUT2D eigenvalue weighted by molar-refractivity contribution is 9.10. The first kappa shape index (κ1) is 14.2. The number of benzene rings is 2. The van der Waals surface area contributed by atoms with Crippen LogP contribution in [0, 0.1) is 0 Å². The van der Waals surface area contributed by atoms with Crippen molar-refractivity contribution < 1.29 is 9.53 Å². The number of esters is 1. The Kier molecular flexibility index (Phi) is 3.99. The maximum Gasteiger partial charge on any atom is 0.355 e. The van der Waals surface area contributed by atoms with E-state index in [0.717, 1.165) is 15.7 Å². The summed E-state index contributed by atoms with van der Waals surface area (Å²) >= 11 is 9.23. The molecule has 1 unspecified atom stereocenters. The van der Waals surface area contributed by atoms with Crippen molar-refractivity contribution in [1.82, 2.24) is 0 Å². The third-order valence-electron chi connectivity index (χ3n) is 3.09. The van der Waals surface area contributed by atoms with Crippen LogP contribution in [0.1, 0.15) is 11.7 Å². The van der Waals surface area contributed by atoms with Crippen molar-refractivity contribution in [2.24, 2.45) is 0 Å². The van der Waals surface area contributed by atoms with Crippen molar-refractivity contribution in [3.63, 3.8) is 0 Å². The molecule has 1 atom stereocenters. The molecule has 106 valence electrons. The van der Waals surface area contributed by atoms with E-state index in [-0.39, 0.29) is 12.1 Å². The maximum atomic E-state index is 11.9. The Balaban J connectivity index is 1.79. The van der Waals surface area contributed by atoms with Crippen LogP contribution in [-0.2, 0) is 9.53 Å². The molecule has 21 heavy (non-hydrogen) atoms. The number of hydrogen-bond donors (Lipinski definition) is 1. The van der Waals surface area contributed by atoms with Gasteiger partial charge in [0.15, 0.2) is 0 Å². The van der Waals surface area contributed by atoms with E-state index in [9.17, 15) is 4.79 Å². The van der Waals surface area contributed by atoms with Crippen molar-refractivity contribution in [2.75, 3.05) is 5.32 Å². The van der Waals surface area contributed by atoms with Crippen LogP contribution in [0.15, 0.2) is 64.8 Å². The molecule has 0 fully saturated rings. The molecule has 0 radical (unpaired) electrons. The number of ether oxygens (including phenoxy) is 1. The van der Waals surface area contributed by atoms with Crippen LogP contribution in [0.2, 0.25) is 5.02 Å². The Morgan fingerprint density at radius 2 is 1.71 bits per heavy atom. The van der Waals surface area contributed by atoms with Crippen LogP contribution in [0.4, 0.5) is 5.69 Å². The number of hydrogen-bond acceptors (Lipinski definition) is 3. The number of rotatable bonds is 3. The molecule has 0 amide bonds. The molecule has 0 aliphatic carbocycles. The fourth-order valence-corrected chi connectivity index (χ4v) is 2.42. The highest BCUT2D eigenvalue weighted by atomic mass is 79.9. The molecule has 0 saturated carbocycles. The van der Waals surface area contributed by atoms with Gasteiger partial charge in [-0.15, -0.1) is 0 Å². The molecular weight excluding hydrogens is 354 g/mol. The zero-order chi connectivity index (χ0) is 14.8. The number of nitrogens with one attached hydrogen (secondary N) is 1. The second kappa shape index (κ2) is 5.92. The largest absolute Gasteiger partial charge is 0.448 e. The average Bonchev–Trinajstić information content (AvgIpc) is 2.83. The van der Waals surface area contributed by atoms with Gasteiger partial charge in [0, 0.05) is 15.2 Å². The van der Waals surface area contributed by atoms with Crippen molar-refractivity contribution in [3.05, 3.63) is 75.4 Å². The summed E-state index contributed by atoms with van der Waals surface area (Å²) in [6.45, 7) is 0. The summed E-state index contributed by atoms with van der Waals surface area (Å²) < 4.78 is 6.33. The van der Waals surface area contributed by atoms with E-state index in [2.05, 4.69) is 21.2 Å². The minimum Gasteiger partial charge on any atom is -0.448 e. The molecule has 3 nitrogen and oxygen atoms in total.